The van der Waals surface area contributed by atoms with E-state index in [0.717, 1.165) is 17.8 Å². The molecule has 4 heterocycles. The molecular formula is C17H18N5NaO6S3. The topological polar surface area (TPSA) is 159 Å². The minimum Gasteiger partial charge on any atom is -0.543 e. The van der Waals surface area contributed by atoms with Crippen molar-refractivity contribution in [2.45, 2.75) is 23.1 Å². The summed E-state index contributed by atoms with van der Waals surface area (Å²) in [6, 6.07) is -0.911. The van der Waals surface area contributed by atoms with Gasteiger partial charge in [0.25, 0.3) is 11.8 Å². The number of aromatic nitrogens is 1. The van der Waals surface area contributed by atoms with Gasteiger partial charge in [0, 0.05) is 27.9 Å². The van der Waals surface area contributed by atoms with E-state index in [0.29, 0.717) is 23.9 Å². The second-order valence-electron chi connectivity index (χ2n) is 6.72. The van der Waals surface area contributed by atoms with Gasteiger partial charge in [-0.2, -0.15) is 0 Å². The van der Waals surface area contributed by atoms with Crippen LogP contribution in [-0.4, -0.2) is 76.1 Å². The molecule has 0 aliphatic carbocycles. The number of nitrogens with two attached hydrogens (primary N) is 1. The molecule has 0 bridgehead atoms. The number of ether oxygens (including phenoxy) is 1. The van der Waals surface area contributed by atoms with E-state index in [4.69, 9.17) is 15.3 Å². The molecule has 15 heteroatoms. The van der Waals surface area contributed by atoms with Crippen molar-refractivity contribution in [1.82, 2.24) is 15.2 Å². The summed E-state index contributed by atoms with van der Waals surface area (Å²) in [6.45, 7) is 1.17. The van der Waals surface area contributed by atoms with E-state index in [-0.39, 0.29) is 57.0 Å². The van der Waals surface area contributed by atoms with Crippen molar-refractivity contribution in [2.75, 3.05) is 31.8 Å². The predicted molar refractivity (Wildman–Crippen MR) is 114 cm³/mol. The van der Waals surface area contributed by atoms with Crippen molar-refractivity contribution in [3.05, 3.63) is 21.7 Å². The quantitative estimate of drug-likeness (QED) is 0.161. The van der Waals surface area contributed by atoms with Crippen LogP contribution >= 0.6 is 34.9 Å². The molecular weight excluding hydrogens is 489 g/mol. The third kappa shape index (κ3) is 4.95. The predicted octanol–water partition coefficient (Wildman–Crippen LogP) is -4.04. The van der Waals surface area contributed by atoms with E-state index in [1.54, 1.807) is 5.38 Å². The number of nitrogens with zero attached hydrogens (tertiary/aromatic N) is 3. The molecule has 0 spiro atoms. The van der Waals surface area contributed by atoms with Crippen LogP contribution in [0.3, 0.4) is 0 Å². The molecule has 3 atom stereocenters. The van der Waals surface area contributed by atoms with Gasteiger partial charge < -0.3 is 30.5 Å². The Morgan fingerprint density at radius 2 is 2.28 bits per heavy atom. The fourth-order valence-corrected chi connectivity index (χ4v) is 6.67. The summed E-state index contributed by atoms with van der Waals surface area (Å²) < 4.78 is 5.34. The van der Waals surface area contributed by atoms with Crippen LogP contribution in [0, 0.1) is 0 Å². The number of carbonyl (C=O) groups is 3. The van der Waals surface area contributed by atoms with Crippen LogP contribution in [0.25, 0.3) is 0 Å². The number of carbonyl (C=O) groups excluding carboxylic acids is 3. The van der Waals surface area contributed by atoms with E-state index < -0.39 is 29.2 Å². The molecule has 1 aromatic rings. The maximum absolute atomic E-state index is 12.8. The number of hydrogen-bond donors (Lipinski definition) is 2. The number of carboxylic acids is 1. The molecule has 4 rings (SSSR count). The second-order valence-corrected chi connectivity index (χ2v) is 10.1. The maximum Gasteiger partial charge on any atom is 1.00 e. The zero-order chi connectivity index (χ0) is 22.1. The van der Waals surface area contributed by atoms with Crippen molar-refractivity contribution in [3.63, 3.8) is 0 Å². The van der Waals surface area contributed by atoms with Crippen LogP contribution in [-0.2, 0) is 24.0 Å². The molecule has 0 aromatic carbocycles. The smallest absolute Gasteiger partial charge is 0.543 e. The van der Waals surface area contributed by atoms with Gasteiger partial charge in [0.1, 0.15) is 24.2 Å². The van der Waals surface area contributed by atoms with Crippen molar-refractivity contribution < 1.29 is 58.6 Å². The number of anilines is 1. The first-order chi connectivity index (χ1) is 14.9. The summed E-state index contributed by atoms with van der Waals surface area (Å²) in [6.07, 6.45) is 0.817. The SMILES string of the molecule is CO/N=C(\C(=O)NC1C(=O)N2C(C(=O)[O-])=C(SC3CCOC3)CS[C@@H]12)c1csc(N)n1.[Na+]. The summed E-state index contributed by atoms with van der Waals surface area (Å²) in [4.78, 5) is 47.8. The Balaban J connectivity index is 0.00000289. The molecule has 2 fully saturated rings. The number of carboxylic acid groups (broad SMARTS) is 1. The standard InChI is InChI=1S/C17H19N5O6S3.Na/c1-27-21-10(8-5-30-17(18)19-8)13(23)20-11-14(24)22-12(16(25)26)9(6-29-15(11)22)31-7-2-3-28-4-7;/h5,7,11,15H,2-4,6H2,1H3,(H2,18,19)(H,20,23)(H,25,26);/q;+1/p-1/b21-10-;/t7?,11?,15-;/m0./s1. The number of fused-ring (bicyclic) bond motifs is 1. The van der Waals surface area contributed by atoms with Gasteiger partial charge in [0.2, 0.25) is 0 Å². The Bertz CT molecular complexity index is 980. The van der Waals surface area contributed by atoms with E-state index in [2.05, 4.69) is 15.5 Å². The molecule has 3 N–H and O–H groups in total. The molecule has 0 radical (unpaired) electrons. The zero-order valence-corrected chi connectivity index (χ0v) is 21.7. The minimum absolute atomic E-state index is 0. The van der Waals surface area contributed by atoms with Crippen LogP contribution < -0.4 is 45.7 Å². The van der Waals surface area contributed by atoms with Crippen molar-refractivity contribution in [3.8, 4) is 0 Å². The fourth-order valence-electron chi connectivity index (χ4n) is 3.38. The third-order valence-electron chi connectivity index (χ3n) is 4.77. The van der Waals surface area contributed by atoms with E-state index in [1.165, 1.54) is 35.5 Å². The van der Waals surface area contributed by atoms with Gasteiger partial charge >= 0.3 is 29.6 Å². The molecule has 0 saturated carbocycles. The van der Waals surface area contributed by atoms with E-state index in [1.807, 2.05) is 0 Å². The Hall–Kier alpha value is -1.29. The average Bonchev–Trinajstić information content (AvgIpc) is 3.41. The summed E-state index contributed by atoms with van der Waals surface area (Å²) in [5, 5.41) is 19.5. The van der Waals surface area contributed by atoms with Gasteiger partial charge in [0.05, 0.1) is 18.3 Å². The van der Waals surface area contributed by atoms with Crippen LogP contribution in [0.15, 0.2) is 21.1 Å². The summed E-state index contributed by atoms with van der Waals surface area (Å²) in [5.74, 6) is -2.22. The first kappa shape index (κ1) is 25.3. The summed E-state index contributed by atoms with van der Waals surface area (Å²) in [7, 11) is 1.28. The number of β-lactam (4-membered cyclic amide) rings is 1. The molecule has 32 heavy (non-hydrogen) atoms. The van der Waals surface area contributed by atoms with Crippen LogP contribution in [0.4, 0.5) is 5.13 Å². The largest absolute Gasteiger partial charge is 1.00 e. The Morgan fingerprint density at radius 3 is 2.88 bits per heavy atom. The molecule has 1 aromatic heterocycles. The number of amides is 2. The molecule has 166 valence electrons. The van der Waals surface area contributed by atoms with Gasteiger partial charge in [-0.1, -0.05) is 5.16 Å². The van der Waals surface area contributed by atoms with E-state index in [9.17, 15) is 19.5 Å². The van der Waals surface area contributed by atoms with Crippen LogP contribution in [0.1, 0.15) is 12.1 Å². The monoisotopic (exact) mass is 507 g/mol. The number of rotatable bonds is 7. The van der Waals surface area contributed by atoms with Crippen LogP contribution in [0.2, 0.25) is 0 Å². The average molecular weight is 508 g/mol. The number of oxime groups is 1. The molecule has 11 nitrogen and oxygen atoms in total. The van der Waals surface area contributed by atoms with Gasteiger partial charge in [0.15, 0.2) is 10.8 Å². The second kappa shape index (κ2) is 10.8. The number of thioether (sulfide) groups is 2. The van der Waals surface area contributed by atoms with Crippen molar-refractivity contribution in [1.29, 1.82) is 0 Å². The Kier molecular flexibility index (Phi) is 8.52. The van der Waals surface area contributed by atoms with Crippen molar-refractivity contribution >= 4 is 63.5 Å². The molecule has 2 saturated heterocycles. The summed E-state index contributed by atoms with van der Waals surface area (Å²) in [5.41, 5.74) is 5.57. The minimum atomic E-state index is -1.41. The molecule has 3 aliphatic rings. The van der Waals surface area contributed by atoms with Gasteiger partial charge in [-0.25, -0.2) is 4.98 Å². The first-order valence-electron chi connectivity index (χ1n) is 9.17. The number of nitrogens with one attached hydrogen (secondary N) is 1. The normalized spacial score (nSPS) is 25.0. The van der Waals surface area contributed by atoms with Gasteiger partial charge in [-0.05, 0) is 6.42 Å². The molecule has 2 amide bonds. The van der Waals surface area contributed by atoms with Gasteiger partial charge in [-0.3, -0.25) is 14.5 Å². The van der Waals surface area contributed by atoms with Gasteiger partial charge in [-0.15, -0.1) is 34.9 Å². The van der Waals surface area contributed by atoms with Crippen LogP contribution in [0.5, 0.6) is 0 Å². The maximum atomic E-state index is 12.8. The number of nitrogen functional groups attached to an aromatic ring is 1. The fraction of sp³-hybridized carbons (Fsp3) is 0.471. The third-order valence-corrected chi connectivity index (χ3v) is 8.24. The van der Waals surface area contributed by atoms with Crippen molar-refractivity contribution in [2.24, 2.45) is 5.16 Å². The number of aliphatic carboxylic acids is 1. The Morgan fingerprint density at radius 1 is 1.50 bits per heavy atom. The first-order valence-corrected chi connectivity index (χ1v) is 12.0. The molecule has 3 aliphatic heterocycles. The number of hydrogen-bond acceptors (Lipinski definition) is 12. The van der Waals surface area contributed by atoms with E-state index >= 15 is 0 Å². The zero-order valence-electron chi connectivity index (χ0n) is 17.2. The number of thiazole rings is 1. The Labute approximate surface area is 217 Å². The molecule has 2 unspecified atom stereocenters. The summed E-state index contributed by atoms with van der Waals surface area (Å²) >= 11 is 3.92.